The SMILES string of the molecule is CC(C)(O)[C@@H](C(=O)O)c1ccc(Cl)cc1. The fraction of sp³-hybridized carbons (Fsp3) is 0.364. The van der Waals surface area contributed by atoms with Gasteiger partial charge in [-0.15, -0.1) is 0 Å². The molecule has 0 amide bonds. The van der Waals surface area contributed by atoms with Crippen LogP contribution >= 0.6 is 11.6 Å². The van der Waals surface area contributed by atoms with E-state index in [0.29, 0.717) is 10.6 Å². The Kier molecular flexibility index (Phi) is 3.37. The molecule has 0 heterocycles. The van der Waals surface area contributed by atoms with E-state index in [9.17, 15) is 9.90 Å². The van der Waals surface area contributed by atoms with Crippen molar-refractivity contribution in [2.24, 2.45) is 0 Å². The Morgan fingerprint density at radius 2 is 1.80 bits per heavy atom. The lowest BCUT2D eigenvalue weighted by atomic mass is 9.85. The number of hydrogen-bond donors (Lipinski definition) is 2. The maximum atomic E-state index is 11.0. The summed E-state index contributed by atoms with van der Waals surface area (Å²) in [7, 11) is 0. The minimum atomic E-state index is -1.31. The second-order valence-electron chi connectivity index (χ2n) is 3.98. The number of hydrogen-bond acceptors (Lipinski definition) is 2. The van der Waals surface area contributed by atoms with Gasteiger partial charge in [-0.05, 0) is 31.5 Å². The van der Waals surface area contributed by atoms with E-state index in [0.717, 1.165) is 0 Å². The molecule has 1 atom stereocenters. The van der Waals surface area contributed by atoms with Gasteiger partial charge in [0.2, 0.25) is 0 Å². The molecule has 15 heavy (non-hydrogen) atoms. The highest BCUT2D eigenvalue weighted by molar-refractivity contribution is 6.30. The normalized spacial score (nSPS) is 13.6. The van der Waals surface area contributed by atoms with Crippen molar-refractivity contribution < 1.29 is 15.0 Å². The first-order valence-corrected chi connectivity index (χ1v) is 4.91. The van der Waals surface area contributed by atoms with Crippen LogP contribution in [0.1, 0.15) is 25.3 Å². The summed E-state index contributed by atoms with van der Waals surface area (Å²) >= 11 is 5.70. The molecule has 1 aromatic carbocycles. The summed E-state index contributed by atoms with van der Waals surface area (Å²) in [5.74, 6) is -2.00. The molecule has 82 valence electrons. The van der Waals surface area contributed by atoms with E-state index in [-0.39, 0.29) is 0 Å². The lowest BCUT2D eigenvalue weighted by molar-refractivity contribution is -0.144. The van der Waals surface area contributed by atoms with Crippen LogP contribution in [-0.2, 0) is 4.79 Å². The number of carbonyl (C=O) groups is 1. The van der Waals surface area contributed by atoms with Crippen molar-refractivity contribution in [1.82, 2.24) is 0 Å². The van der Waals surface area contributed by atoms with Crippen LogP contribution in [0, 0.1) is 0 Å². The lowest BCUT2D eigenvalue weighted by Crippen LogP contribution is -2.34. The molecule has 1 aromatic rings. The number of rotatable bonds is 3. The minimum Gasteiger partial charge on any atom is -0.481 e. The number of carboxylic acids is 1. The Hall–Kier alpha value is -1.06. The Morgan fingerprint density at radius 1 is 1.33 bits per heavy atom. The monoisotopic (exact) mass is 228 g/mol. The van der Waals surface area contributed by atoms with Gasteiger partial charge in [0, 0.05) is 5.02 Å². The zero-order valence-electron chi connectivity index (χ0n) is 8.57. The van der Waals surface area contributed by atoms with Crippen LogP contribution in [0.4, 0.5) is 0 Å². The van der Waals surface area contributed by atoms with Crippen LogP contribution in [0.2, 0.25) is 5.02 Å². The molecule has 3 nitrogen and oxygen atoms in total. The largest absolute Gasteiger partial charge is 0.481 e. The molecule has 0 aliphatic rings. The van der Waals surface area contributed by atoms with Crippen molar-refractivity contribution in [3.8, 4) is 0 Å². The zero-order valence-corrected chi connectivity index (χ0v) is 9.32. The number of benzene rings is 1. The summed E-state index contributed by atoms with van der Waals surface area (Å²) in [4.78, 5) is 11.0. The third-order valence-corrected chi connectivity index (χ3v) is 2.41. The smallest absolute Gasteiger partial charge is 0.313 e. The molecule has 4 heteroatoms. The number of aliphatic carboxylic acids is 1. The van der Waals surface area contributed by atoms with E-state index in [1.807, 2.05) is 0 Å². The fourth-order valence-electron chi connectivity index (χ4n) is 1.51. The van der Waals surface area contributed by atoms with Gasteiger partial charge in [0.15, 0.2) is 0 Å². The highest BCUT2D eigenvalue weighted by Crippen LogP contribution is 2.29. The average Bonchev–Trinajstić information content (AvgIpc) is 2.05. The minimum absolute atomic E-state index is 0.540. The predicted octanol–water partition coefficient (Wildman–Crippen LogP) is 2.28. The van der Waals surface area contributed by atoms with Crippen LogP contribution in [0.25, 0.3) is 0 Å². The standard InChI is InChI=1S/C11H13ClO3/c1-11(2,15)9(10(13)14)7-3-5-8(12)6-4-7/h3-6,9,15H,1-2H3,(H,13,14)/t9-/m1/s1. The molecule has 0 radical (unpaired) electrons. The van der Waals surface area contributed by atoms with Crippen molar-refractivity contribution in [2.75, 3.05) is 0 Å². The second kappa shape index (κ2) is 4.21. The van der Waals surface area contributed by atoms with Gasteiger partial charge < -0.3 is 10.2 Å². The topological polar surface area (TPSA) is 57.5 Å². The van der Waals surface area contributed by atoms with Gasteiger partial charge >= 0.3 is 5.97 Å². The lowest BCUT2D eigenvalue weighted by Gasteiger charge is -2.25. The van der Waals surface area contributed by atoms with Gasteiger partial charge in [-0.25, -0.2) is 0 Å². The van der Waals surface area contributed by atoms with Crippen LogP contribution in [-0.4, -0.2) is 21.8 Å². The molecular weight excluding hydrogens is 216 g/mol. The summed E-state index contributed by atoms with van der Waals surface area (Å²) in [6.07, 6.45) is 0. The van der Waals surface area contributed by atoms with Gasteiger partial charge in [-0.3, -0.25) is 4.79 Å². The van der Waals surface area contributed by atoms with Crippen molar-refractivity contribution in [1.29, 1.82) is 0 Å². The summed E-state index contributed by atoms with van der Waals surface area (Å²) in [6, 6.07) is 6.44. The maximum absolute atomic E-state index is 11.0. The molecule has 0 unspecified atom stereocenters. The molecule has 0 aromatic heterocycles. The third-order valence-electron chi connectivity index (χ3n) is 2.16. The van der Waals surface area contributed by atoms with Crippen LogP contribution in [0.15, 0.2) is 24.3 Å². The van der Waals surface area contributed by atoms with E-state index in [2.05, 4.69) is 0 Å². The first kappa shape index (κ1) is 12.0. The second-order valence-corrected chi connectivity index (χ2v) is 4.41. The van der Waals surface area contributed by atoms with E-state index in [1.54, 1.807) is 24.3 Å². The fourth-order valence-corrected chi connectivity index (χ4v) is 1.63. The quantitative estimate of drug-likeness (QED) is 0.835. The Labute approximate surface area is 93.3 Å². The molecule has 0 saturated carbocycles. The Balaban J connectivity index is 3.11. The highest BCUT2D eigenvalue weighted by Gasteiger charge is 2.34. The van der Waals surface area contributed by atoms with Crippen molar-refractivity contribution in [3.05, 3.63) is 34.9 Å². The van der Waals surface area contributed by atoms with E-state index < -0.39 is 17.5 Å². The van der Waals surface area contributed by atoms with E-state index in [4.69, 9.17) is 16.7 Å². The molecule has 0 aliphatic heterocycles. The Morgan fingerprint density at radius 3 is 2.13 bits per heavy atom. The van der Waals surface area contributed by atoms with Crippen LogP contribution in [0.5, 0.6) is 0 Å². The number of aliphatic hydroxyl groups is 1. The van der Waals surface area contributed by atoms with Gasteiger partial charge in [-0.1, -0.05) is 23.7 Å². The summed E-state index contributed by atoms with van der Waals surface area (Å²) < 4.78 is 0. The van der Waals surface area contributed by atoms with Gasteiger partial charge in [0.1, 0.15) is 5.92 Å². The first-order chi connectivity index (χ1) is 6.82. The van der Waals surface area contributed by atoms with E-state index >= 15 is 0 Å². The Bertz CT molecular complexity index is 351. The molecule has 0 fully saturated rings. The average molecular weight is 229 g/mol. The number of carboxylic acid groups (broad SMARTS) is 1. The molecule has 0 bridgehead atoms. The molecule has 0 spiro atoms. The number of halogens is 1. The summed E-state index contributed by atoms with van der Waals surface area (Å²) in [5, 5.41) is 19.3. The predicted molar refractivity (Wildman–Crippen MR) is 58.1 cm³/mol. The summed E-state index contributed by atoms with van der Waals surface area (Å²) in [5.41, 5.74) is -0.765. The summed E-state index contributed by atoms with van der Waals surface area (Å²) in [6.45, 7) is 2.95. The molecule has 1 rings (SSSR count). The van der Waals surface area contributed by atoms with Gasteiger partial charge in [0.25, 0.3) is 0 Å². The molecule has 2 N–H and O–H groups in total. The molecular formula is C11H13ClO3. The maximum Gasteiger partial charge on any atom is 0.313 e. The van der Waals surface area contributed by atoms with Crippen LogP contribution < -0.4 is 0 Å². The zero-order chi connectivity index (χ0) is 11.6. The molecule has 0 aliphatic carbocycles. The third kappa shape index (κ3) is 2.94. The van der Waals surface area contributed by atoms with Crippen molar-refractivity contribution in [3.63, 3.8) is 0 Å². The van der Waals surface area contributed by atoms with Gasteiger partial charge in [-0.2, -0.15) is 0 Å². The highest BCUT2D eigenvalue weighted by atomic mass is 35.5. The first-order valence-electron chi connectivity index (χ1n) is 4.53. The molecule has 0 saturated heterocycles. The van der Waals surface area contributed by atoms with Crippen LogP contribution in [0.3, 0.4) is 0 Å². The van der Waals surface area contributed by atoms with Crippen molar-refractivity contribution >= 4 is 17.6 Å². The van der Waals surface area contributed by atoms with E-state index in [1.165, 1.54) is 13.8 Å². The van der Waals surface area contributed by atoms with Gasteiger partial charge in [0.05, 0.1) is 5.60 Å². The van der Waals surface area contributed by atoms with Crippen molar-refractivity contribution in [2.45, 2.75) is 25.4 Å².